The van der Waals surface area contributed by atoms with Gasteiger partial charge in [0.05, 0.1) is 10.4 Å². The van der Waals surface area contributed by atoms with Gasteiger partial charge in [-0.15, -0.1) is 0 Å². The summed E-state index contributed by atoms with van der Waals surface area (Å²) < 4.78 is 54.5. The lowest BCUT2D eigenvalue weighted by molar-refractivity contribution is -0.137. The quantitative estimate of drug-likeness (QED) is 0.593. The Balaban J connectivity index is 2.42. The zero-order valence-electron chi connectivity index (χ0n) is 16.9. The molecule has 1 aromatic heterocycles. The van der Waals surface area contributed by atoms with Crippen molar-refractivity contribution in [3.8, 4) is 6.07 Å². The van der Waals surface area contributed by atoms with Crippen LogP contribution in [0.15, 0.2) is 52.3 Å². The van der Waals surface area contributed by atoms with E-state index in [1.54, 1.807) is 32.0 Å². The summed E-state index contributed by atoms with van der Waals surface area (Å²) in [5.74, 6) is -1.37. The number of hydrogen-bond donors (Lipinski definition) is 1. The van der Waals surface area contributed by atoms with E-state index in [2.05, 4.69) is 0 Å². The summed E-state index contributed by atoms with van der Waals surface area (Å²) in [5, 5.41) is 18.8. The molecular formula is C20H19N3O6S2. The second-order valence-corrected chi connectivity index (χ2v) is 10.9. The molecule has 3 aromatic rings. The van der Waals surface area contributed by atoms with E-state index < -0.39 is 37.5 Å². The van der Waals surface area contributed by atoms with Gasteiger partial charge in [0, 0.05) is 12.4 Å². The van der Waals surface area contributed by atoms with E-state index in [1.807, 2.05) is 6.07 Å². The fourth-order valence-corrected chi connectivity index (χ4v) is 6.16. The molecule has 0 aliphatic rings. The average Bonchev–Trinajstić information content (AvgIpc) is 3.06. The number of benzene rings is 2. The van der Waals surface area contributed by atoms with Crippen molar-refractivity contribution in [2.75, 3.05) is 13.6 Å². The normalized spacial score (nSPS) is 12.2. The number of carboxylic acid groups (broad SMARTS) is 1. The number of carbonyl (C=O) groups is 1. The van der Waals surface area contributed by atoms with Gasteiger partial charge in [-0.2, -0.15) is 9.57 Å². The number of carboxylic acids is 1. The van der Waals surface area contributed by atoms with Gasteiger partial charge in [0.25, 0.3) is 10.0 Å². The number of nitrogens with zero attached hydrogens (tertiary/aromatic N) is 3. The number of aliphatic carboxylic acids is 1. The monoisotopic (exact) mass is 461 g/mol. The molecule has 2 aromatic carbocycles. The molecule has 0 saturated carbocycles. The molecule has 0 bridgehead atoms. The van der Waals surface area contributed by atoms with Crippen LogP contribution in [0.3, 0.4) is 0 Å². The number of sulfonamides is 1. The van der Waals surface area contributed by atoms with Crippen LogP contribution >= 0.6 is 0 Å². The molecular weight excluding hydrogens is 442 g/mol. The van der Waals surface area contributed by atoms with E-state index in [-0.39, 0.29) is 21.5 Å². The van der Waals surface area contributed by atoms with Gasteiger partial charge in [0.1, 0.15) is 23.2 Å². The molecule has 1 N–H and O–H groups in total. The fourth-order valence-electron chi connectivity index (χ4n) is 3.21. The lowest BCUT2D eigenvalue weighted by Crippen LogP contribution is -2.32. The highest BCUT2D eigenvalue weighted by Crippen LogP contribution is 2.33. The molecule has 0 saturated heterocycles. The summed E-state index contributed by atoms with van der Waals surface area (Å²) in [6, 6.07) is 11.9. The van der Waals surface area contributed by atoms with Crippen LogP contribution in [0.5, 0.6) is 0 Å². The SMILES string of the molecule is Cc1ccc(S(=O)(=O)n2c(C#N)cc3cc(C)cc(S(=O)(=O)N(C)CC(=O)O)c32)cc1. The predicted molar refractivity (Wildman–Crippen MR) is 113 cm³/mol. The molecule has 0 unspecified atom stereocenters. The van der Waals surface area contributed by atoms with Crippen molar-refractivity contribution < 1.29 is 26.7 Å². The molecule has 0 aliphatic carbocycles. The Labute approximate surface area is 179 Å². The third kappa shape index (κ3) is 3.93. The lowest BCUT2D eigenvalue weighted by atomic mass is 10.2. The standard InChI is InChI=1S/C20H19N3O6S2/c1-13-4-6-17(7-5-13)30(26,27)23-16(11-21)10-15-8-14(2)9-18(20(15)23)31(28,29)22(3)12-19(24)25/h4-10H,12H2,1-3H3,(H,24,25). The Morgan fingerprint density at radius 2 is 1.68 bits per heavy atom. The maximum absolute atomic E-state index is 13.4. The van der Waals surface area contributed by atoms with E-state index in [0.717, 1.165) is 12.6 Å². The molecule has 0 amide bonds. The third-order valence-corrected chi connectivity index (χ3v) is 8.23. The molecule has 9 nitrogen and oxygen atoms in total. The zero-order chi connectivity index (χ0) is 23.1. The van der Waals surface area contributed by atoms with Crippen LogP contribution in [0.4, 0.5) is 0 Å². The van der Waals surface area contributed by atoms with Gasteiger partial charge in [-0.1, -0.05) is 17.7 Å². The van der Waals surface area contributed by atoms with E-state index in [9.17, 15) is 26.9 Å². The Morgan fingerprint density at radius 3 is 2.23 bits per heavy atom. The summed E-state index contributed by atoms with van der Waals surface area (Å²) >= 11 is 0. The number of aromatic nitrogens is 1. The van der Waals surface area contributed by atoms with Gasteiger partial charge < -0.3 is 5.11 Å². The zero-order valence-corrected chi connectivity index (χ0v) is 18.5. The maximum atomic E-state index is 13.4. The Kier molecular flexibility index (Phi) is 5.66. The average molecular weight is 462 g/mol. The van der Waals surface area contributed by atoms with Crippen molar-refractivity contribution in [3.05, 3.63) is 59.3 Å². The van der Waals surface area contributed by atoms with E-state index in [0.29, 0.717) is 13.8 Å². The molecule has 31 heavy (non-hydrogen) atoms. The summed E-state index contributed by atoms with van der Waals surface area (Å²) in [6.45, 7) is 2.59. The summed E-state index contributed by atoms with van der Waals surface area (Å²) in [5.41, 5.74) is 0.855. The van der Waals surface area contributed by atoms with Crippen LogP contribution in [-0.2, 0) is 24.8 Å². The van der Waals surface area contributed by atoms with Crippen LogP contribution < -0.4 is 0 Å². The van der Waals surface area contributed by atoms with Crippen LogP contribution in [-0.4, -0.2) is 49.8 Å². The second-order valence-electron chi connectivity index (χ2n) is 7.08. The van der Waals surface area contributed by atoms with Crippen LogP contribution in [0.2, 0.25) is 0 Å². The minimum Gasteiger partial charge on any atom is -0.480 e. The minimum atomic E-state index is -4.39. The van der Waals surface area contributed by atoms with Gasteiger partial charge in [-0.25, -0.2) is 20.8 Å². The van der Waals surface area contributed by atoms with Gasteiger partial charge in [-0.05, 0) is 49.7 Å². The third-order valence-electron chi connectivity index (χ3n) is 4.68. The van der Waals surface area contributed by atoms with Gasteiger partial charge in [-0.3, -0.25) is 4.79 Å². The second kappa shape index (κ2) is 7.81. The maximum Gasteiger partial charge on any atom is 0.318 e. The van der Waals surface area contributed by atoms with Crippen molar-refractivity contribution >= 4 is 36.9 Å². The number of likely N-dealkylation sites (N-methyl/N-ethyl adjacent to an activating group) is 1. The van der Waals surface area contributed by atoms with Crippen molar-refractivity contribution in [2.24, 2.45) is 0 Å². The van der Waals surface area contributed by atoms with Crippen molar-refractivity contribution in [3.63, 3.8) is 0 Å². The number of hydrogen-bond acceptors (Lipinski definition) is 6. The van der Waals surface area contributed by atoms with E-state index in [4.69, 9.17) is 5.11 Å². The van der Waals surface area contributed by atoms with E-state index >= 15 is 0 Å². The predicted octanol–water partition coefficient (Wildman–Crippen LogP) is 2.07. The molecule has 0 fully saturated rings. The van der Waals surface area contributed by atoms with Gasteiger partial charge >= 0.3 is 5.97 Å². The number of aryl methyl sites for hydroxylation is 2. The molecule has 0 aliphatic heterocycles. The van der Waals surface area contributed by atoms with Gasteiger partial charge in [0.15, 0.2) is 0 Å². The molecule has 0 spiro atoms. The summed E-state index contributed by atoms with van der Waals surface area (Å²) in [7, 11) is -7.64. The minimum absolute atomic E-state index is 0.116. The Morgan fingerprint density at radius 1 is 1.06 bits per heavy atom. The first-order valence-electron chi connectivity index (χ1n) is 8.96. The number of nitriles is 1. The Bertz CT molecular complexity index is 1450. The molecule has 162 valence electrons. The molecule has 1 heterocycles. The van der Waals surface area contributed by atoms with Crippen LogP contribution in [0.25, 0.3) is 10.9 Å². The highest BCUT2D eigenvalue weighted by molar-refractivity contribution is 7.90. The molecule has 3 rings (SSSR count). The number of fused-ring (bicyclic) bond motifs is 1. The highest BCUT2D eigenvalue weighted by atomic mass is 32.2. The topological polar surface area (TPSA) is 138 Å². The largest absolute Gasteiger partial charge is 0.480 e. The number of rotatable bonds is 6. The smallest absolute Gasteiger partial charge is 0.318 e. The fraction of sp³-hybridized carbons (Fsp3) is 0.200. The Hall–Kier alpha value is -3.20. The molecule has 11 heteroatoms. The van der Waals surface area contributed by atoms with Crippen LogP contribution in [0, 0.1) is 25.2 Å². The summed E-state index contributed by atoms with van der Waals surface area (Å²) in [6.07, 6.45) is 0. The van der Waals surface area contributed by atoms with Crippen molar-refractivity contribution in [2.45, 2.75) is 23.6 Å². The first kappa shape index (κ1) is 22.5. The molecule has 0 radical (unpaired) electrons. The highest BCUT2D eigenvalue weighted by Gasteiger charge is 2.31. The van der Waals surface area contributed by atoms with E-state index in [1.165, 1.54) is 24.3 Å². The van der Waals surface area contributed by atoms with Crippen molar-refractivity contribution in [1.82, 2.24) is 8.28 Å². The molecule has 0 atom stereocenters. The van der Waals surface area contributed by atoms with Crippen molar-refractivity contribution in [1.29, 1.82) is 5.26 Å². The first-order valence-corrected chi connectivity index (χ1v) is 11.8. The summed E-state index contributed by atoms with van der Waals surface area (Å²) in [4.78, 5) is 10.5. The lowest BCUT2D eigenvalue weighted by Gasteiger charge is -2.18. The van der Waals surface area contributed by atoms with Gasteiger partial charge in [0.2, 0.25) is 10.0 Å². The first-order chi connectivity index (χ1) is 14.4. The van der Waals surface area contributed by atoms with Crippen LogP contribution in [0.1, 0.15) is 16.8 Å².